The second-order valence-electron chi connectivity index (χ2n) is 5.18. The standard InChI is InChI=1S/C16H17NO5/c18-16(19)13-9-15(22-17-13)12-6-1-2-7-14(12)21-10-11-5-3-4-8-20-11/h1-2,6-7,9,11H,3-5,8,10H2,(H,18,19). The number of carboxylic acids is 1. The van der Waals surface area contributed by atoms with Gasteiger partial charge in [-0.15, -0.1) is 0 Å². The maximum Gasteiger partial charge on any atom is 0.358 e. The summed E-state index contributed by atoms with van der Waals surface area (Å²) >= 11 is 0. The maximum absolute atomic E-state index is 10.9. The van der Waals surface area contributed by atoms with Crippen molar-refractivity contribution in [2.75, 3.05) is 13.2 Å². The van der Waals surface area contributed by atoms with E-state index in [0.29, 0.717) is 23.7 Å². The topological polar surface area (TPSA) is 81.8 Å². The zero-order valence-corrected chi connectivity index (χ0v) is 12.0. The number of aromatic carboxylic acids is 1. The molecule has 0 spiro atoms. The molecule has 1 aliphatic heterocycles. The first-order chi connectivity index (χ1) is 10.7. The van der Waals surface area contributed by atoms with Crippen LogP contribution in [0.15, 0.2) is 34.9 Å². The summed E-state index contributed by atoms with van der Waals surface area (Å²) < 4.78 is 16.6. The summed E-state index contributed by atoms with van der Waals surface area (Å²) in [5, 5.41) is 12.4. The van der Waals surface area contributed by atoms with Gasteiger partial charge in [0.05, 0.1) is 11.7 Å². The van der Waals surface area contributed by atoms with Crippen molar-refractivity contribution in [3.63, 3.8) is 0 Å². The van der Waals surface area contributed by atoms with Crippen LogP contribution in [0.3, 0.4) is 0 Å². The quantitative estimate of drug-likeness (QED) is 0.914. The lowest BCUT2D eigenvalue weighted by atomic mass is 10.1. The van der Waals surface area contributed by atoms with Crippen molar-refractivity contribution in [1.29, 1.82) is 0 Å². The smallest absolute Gasteiger partial charge is 0.358 e. The Labute approximate surface area is 127 Å². The molecule has 116 valence electrons. The van der Waals surface area contributed by atoms with Gasteiger partial charge < -0.3 is 19.1 Å². The number of carboxylic acid groups (broad SMARTS) is 1. The lowest BCUT2D eigenvalue weighted by Gasteiger charge is -2.23. The Morgan fingerprint density at radius 2 is 2.23 bits per heavy atom. The molecule has 2 aromatic rings. The van der Waals surface area contributed by atoms with Crippen LogP contribution in [0.25, 0.3) is 11.3 Å². The van der Waals surface area contributed by atoms with Crippen LogP contribution in [-0.2, 0) is 4.74 Å². The minimum atomic E-state index is -1.12. The van der Waals surface area contributed by atoms with Gasteiger partial charge in [-0.2, -0.15) is 0 Å². The monoisotopic (exact) mass is 303 g/mol. The highest BCUT2D eigenvalue weighted by Gasteiger charge is 2.18. The third-order valence-electron chi connectivity index (χ3n) is 3.58. The van der Waals surface area contributed by atoms with Crippen LogP contribution in [0, 0.1) is 0 Å². The van der Waals surface area contributed by atoms with Crippen LogP contribution in [0.2, 0.25) is 0 Å². The van der Waals surface area contributed by atoms with E-state index >= 15 is 0 Å². The number of aromatic nitrogens is 1. The molecule has 1 aromatic carbocycles. The summed E-state index contributed by atoms with van der Waals surface area (Å²) in [6.07, 6.45) is 3.35. The highest BCUT2D eigenvalue weighted by molar-refractivity contribution is 5.86. The van der Waals surface area contributed by atoms with Crippen molar-refractivity contribution < 1.29 is 23.9 Å². The molecule has 6 nitrogen and oxygen atoms in total. The Hall–Kier alpha value is -2.34. The van der Waals surface area contributed by atoms with Crippen LogP contribution in [-0.4, -0.2) is 35.6 Å². The molecule has 0 aliphatic carbocycles. The van der Waals surface area contributed by atoms with Gasteiger partial charge >= 0.3 is 5.97 Å². The summed E-state index contributed by atoms with van der Waals surface area (Å²) in [7, 11) is 0. The number of rotatable bonds is 5. The summed E-state index contributed by atoms with van der Waals surface area (Å²) in [6, 6.07) is 8.71. The summed E-state index contributed by atoms with van der Waals surface area (Å²) in [5.74, 6) is -0.119. The average molecular weight is 303 g/mol. The van der Waals surface area contributed by atoms with E-state index in [1.807, 2.05) is 24.3 Å². The van der Waals surface area contributed by atoms with Crippen LogP contribution in [0.1, 0.15) is 29.8 Å². The fourth-order valence-electron chi connectivity index (χ4n) is 2.42. The van der Waals surface area contributed by atoms with Crippen molar-refractivity contribution in [2.24, 2.45) is 0 Å². The molecule has 0 bridgehead atoms. The third-order valence-corrected chi connectivity index (χ3v) is 3.58. The Balaban J connectivity index is 1.75. The van der Waals surface area contributed by atoms with Gasteiger partial charge in [0.1, 0.15) is 12.4 Å². The summed E-state index contributed by atoms with van der Waals surface area (Å²) in [4.78, 5) is 10.9. The summed E-state index contributed by atoms with van der Waals surface area (Å²) in [5.41, 5.74) is 0.554. The van der Waals surface area contributed by atoms with Crippen LogP contribution in [0.5, 0.6) is 5.75 Å². The van der Waals surface area contributed by atoms with Crippen molar-refractivity contribution >= 4 is 5.97 Å². The SMILES string of the molecule is O=C(O)c1cc(-c2ccccc2OCC2CCCCO2)on1. The molecule has 0 radical (unpaired) electrons. The van der Waals surface area contributed by atoms with E-state index in [1.165, 1.54) is 6.07 Å². The van der Waals surface area contributed by atoms with Gasteiger partial charge in [-0.1, -0.05) is 17.3 Å². The summed E-state index contributed by atoms with van der Waals surface area (Å²) in [6.45, 7) is 1.25. The number of carbonyl (C=O) groups is 1. The Morgan fingerprint density at radius 1 is 1.36 bits per heavy atom. The normalized spacial score (nSPS) is 18.1. The van der Waals surface area contributed by atoms with Gasteiger partial charge in [0.25, 0.3) is 0 Å². The first kappa shape index (κ1) is 14.6. The highest BCUT2D eigenvalue weighted by atomic mass is 16.5. The molecule has 2 heterocycles. The van der Waals surface area contributed by atoms with Crippen LogP contribution >= 0.6 is 0 Å². The molecule has 6 heteroatoms. The van der Waals surface area contributed by atoms with Gasteiger partial charge in [0.2, 0.25) is 0 Å². The number of hydrogen-bond donors (Lipinski definition) is 1. The Bertz CT molecular complexity index is 645. The van der Waals surface area contributed by atoms with Crippen LogP contribution in [0.4, 0.5) is 0 Å². The predicted molar refractivity (Wildman–Crippen MR) is 78.0 cm³/mol. The lowest BCUT2D eigenvalue weighted by Crippen LogP contribution is -2.25. The van der Waals surface area contributed by atoms with Gasteiger partial charge in [-0.25, -0.2) is 4.79 Å². The largest absolute Gasteiger partial charge is 0.490 e. The molecular formula is C16H17NO5. The van der Waals surface area contributed by atoms with Crippen molar-refractivity contribution in [2.45, 2.75) is 25.4 Å². The molecule has 1 atom stereocenters. The van der Waals surface area contributed by atoms with Crippen LogP contribution < -0.4 is 4.74 Å². The molecule has 1 N–H and O–H groups in total. The Kier molecular flexibility index (Phi) is 4.39. The number of para-hydroxylation sites is 1. The molecule has 1 saturated heterocycles. The molecule has 22 heavy (non-hydrogen) atoms. The van der Waals surface area contributed by atoms with Gasteiger partial charge in [-0.05, 0) is 31.4 Å². The van der Waals surface area contributed by atoms with E-state index in [-0.39, 0.29) is 11.8 Å². The molecule has 1 aliphatic rings. The van der Waals surface area contributed by atoms with Crippen molar-refractivity contribution in [1.82, 2.24) is 5.16 Å². The third kappa shape index (κ3) is 3.28. The van der Waals surface area contributed by atoms with Crippen molar-refractivity contribution in [3.8, 4) is 17.1 Å². The first-order valence-electron chi connectivity index (χ1n) is 7.28. The highest BCUT2D eigenvalue weighted by Crippen LogP contribution is 2.30. The maximum atomic E-state index is 10.9. The lowest BCUT2D eigenvalue weighted by molar-refractivity contribution is -0.0109. The molecule has 1 unspecified atom stereocenters. The van der Waals surface area contributed by atoms with Gasteiger partial charge in [0.15, 0.2) is 11.5 Å². The zero-order valence-electron chi connectivity index (χ0n) is 12.0. The number of nitrogens with zero attached hydrogens (tertiary/aromatic N) is 1. The van der Waals surface area contributed by atoms with E-state index in [0.717, 1.165) is 25.9 Å². The van der Waals surface area contributed by atoms with Crippen molar-refractivity contribution in [3.05, 3.63) is 36.0 Å². The number of hydrogen-bond acceptors (Lipinski definition) is 5. The first-order valence-corrected chi connectivity index (χ1v) is 7.28. The molecule has 3 rings (SSSR count). The second kappa shape index (κ2) is 6.62. The predicted octanol–water partition coefficient (Wildman–Crippen LogP) is 2.99. The fourth-order valence-corrected chi connectivity index (χ4v) is 2.42. The van der Waals surface area contributed by atoms with E-state index in [2.05, 4.69) is 5.16 Å². The molecule has 0 amide bonds. The zero-order chi connectivity index (χ0) is 15.4. The molecular weight excluding hydrogens is 286 g/mol. The van der Waals surface area contributed by atoms with E-state index in [9.17, 15) is 4.79 Å². The Morgan fingerprint density at radius 3 is 2.95 bits per heavy atom. The second-order valence-corrected chi connectivity index (χ2v) is 5.18. The number of benzene rings is 1. The average Bonchev–Trinajstić information content (AvgIpc) is 3.04. The number of ether oxygens (including phenoxy) is 2. The van der Waals surface area contributed by atoms with Gasteiger partial charge in [-0.3, -0.25) is 0 Å². The van der Waals surface area contributed by atoms with E-state index < -0.39 is 5.97 Å². The van der Waals surface area contributed by atoms with Gasteiger partial charge in [0, 0.05) is 12.7 Å². The van der Waals surface area contributed by atoms with E-state index in [1.54, 1.807) is 0 Å². The molecule has 0 saturated carbocycles. The molecule has 1 aromatic heterocycles. The fraction of sp³-hybridized carbons (Fsp3) is 0.375. The molecule has 1 fully saturated rings. The minimum Gasteiger partial charge on any atom is -0.490 e. The van der Waals surface area contributed by atoms with E-state index in [4.69, 9.17) is 19.1 Å². The minimum absolute atomic E-state index is 0.103.